The molecule has 0 bridgehead atoms. The van der Waals surface area contributed by atoms with Crippen molar-refractivity contribution < 1.29 is 14.6 Å². The second-order valence-corrected chi connectivity index (χ2v) is 3.93. The number of ether oxygens (including phenoxy) is 1. The molecule has 2 heterocycles. The Labute approximate surface area is 93.2 Å². The van der Waals surface area contributed by atoms with Crippen LogP contribution in [0, 0.1) is 0 Å². The quantitative estimate of drug-likeness (QED) is 0.786. The van der Waals surface area contributed by atoms with E-state index in [0.717, 1.165) is 25.0 Å². The Hall–Kier alpha value is -1.62. The topological polar surface area (TPSA) is 85.4 Å². The van der Waals surface area contributed by atoms with Gasteiger partial charge in [0.15, 0.2) is 5.69 Å². The van der Waals surface area contributed by atoms with Crippen molar-refractivity contribution in [1.29, 1.82) is 0 Å². The number of nitrogen functional groups attached to an aromatic ring is 1. The van der Waals surface area contributed by atoms with E-state index in [1.54, 1.807) is 12.3 Å². The number of anilines is 1. The molecule has 1 unspecified atom stereocenters. The number of hydrogen-bond donors (Lipinski definition) is 2. The summed E-state index contributed by atoms with van der Waals surface area (Å²) < 4.78 is 5.37. The van der Waals surface area contributed by atoms with Crippen LogP contribution in [-0.4, -0.2) is 29.3 Å². The van der Waals surface area contributed by atoms with Gasteiger partial charge in [-0.15, -0.1) is 0 Å². The first-order valence-electron chi connectivity index (χ1n) is 5.25. The molecular formula is C11H14N2O3. The van der Waals surface area contributed by atoms with Crippen molar-refractivity contribution >= 4 is 11.7 Å². The fourth-order valence-electron chi connectivity index (χ4n) is 1.90. The van der Waals surface area contributed by atoms with E-state index in [0.29, 0.717) is 6.61 Å². The highest BCUT2D eigenvalue weighted by Crippen LogP contribution is 2.26. The molecule has 1 saturated heterocycles. The molecule has 0 aromatic carbocycles. The summed E-state index contributed by atoms with van der Waals surface area (Å²) in [6, 6.07) is 1.69. The van der Waals surface area contributed by atoms with E-state index in [1.807, 2.05) is 0 Å². The number of aromatic carboxylic acids is 1. The standard InChI is InChI=1S/C11H14N2O3/c12-9-4-8(5-13-10(9)11(14)15)7-2-1-3-16-6-7/h4-5,7H,1-3,6,12H2,(H,14,15). The summed E-state index contributed by atoms with van der Waals surface area (Å²) in [6.45, 7) is 1.46. The number of carboxylic acid groups (broad SMARTS) is 1. The Bertz CT molecular complexity index is 400. The maximum Gasteiger partial charge on any atom is 0.356 e. The van der Waals surface area contributed by atoms with E-state index in [1.165, 1.54) is 0 Å². The Balaban J connectivity index is 2.23. The highest BCUT2D eigenvalue weighted by Gasteiger charge is 2.18. The van der Waals surface area contributed by atoms with Gasteiger partial charge in [-0.25, -0.2) is 9.78 Å². The number of hydrogen-bond acceptors (Lipinski definition) is 4. The van der Waals surface area contributed by atoms with Crippen LogP contribution in [0.15, 0.2) is 12.3 Å². The third-order valence-electron chi connectivity index (χ3n) is 2.77. The lowest BCUT2D eigenvalue weighted by molar-refractivity contribution is 0.0691. The van der Waals surface area contributed by atoms with Gasteiger partial charge in [-0.3, -0.25) is 0 Å². The Morgan fingerprint density at radius 1 is 1.62 bits per heavy atom. The van der Waals surface area contributed by atoms with Gasteiger partial charge >= 0.3 is 5.97 Å². The van der Waals surface area contributed by atoms with Crippen molar-refractivity contribution in [1.82, 2.24) is 4.98 Å². The molecule has 1 atom stereocenters. The highest BCUT2D eigenvalue weighted by atomic mass is 16.5. The molecule has 1 fully saturated rings. The van der Waals surface area contributed by atoms with E-state index < -0.39 is 5.97 Å². The zero-order valence-electron chi connectivity index (χ0n) is 8.85. The molecule has 5 nitrogen and oxygen atoms in total. The summed E-state index contributed by atoms with van der Waals surface area (Å²) in [7, 11) is 0. The van der Waals surface area contributed by atoms with Crippen LogP contribution < -0.4 is 5.73 Å². The first-order valence-corrected chi connectivity index (χ1v) is 5.25. The normalized spacial score (nSPS) is 20.6. The van der Waals surface area contributed by atoms with Crippen LogP contribution in [0.5, 0.6) is 0 Å². The first-order chi connectivity index (χ1) is 7.68. The van der Waals surface area contributed by atoms with Crippen LogP contribution in [0.3, 0.4) is 0 Å². The maximum atomic E-state index is 10.7. The largest absolute Gasteiger partial charge is 0.476 e. The van der Waals surface area contributed by atoms with Crippen LogP contribution in [0.4, 0.5) is 5.69 Å². The summed E-state index contributed by atoms with van der Waals surface area (Å²) >= 11 is 0. The molecule has 1 aliphatic rings. The van der Waals surface area contributed by atoms with Gasteiger partial charge in [0.1, 0.15) is 0 Å². The highest BCUT2D eigenvalue weighted by molar-refractivity contribution is 5.91. The average Bonchev–Trinajstić information content (AvgIpc) is 2.29. The molecule has 2 rings (SSSR count). The van der Waals surface area contributed by atoms with Crippen molar-refractivity contribution in [2.45, 2.75) is 18.8 Å². The van der Waals surface area contributed by atoms with Crippen molar-refractivity contribution in [3.05, 3.63) is 23.5 Å². The lowest BCUT2D eigenvalue weighted by Crippen LogP contribution is -2.16. The first kappa shape index (κ1) is 10.9. The van der Waals surface area contributed by atoms with Crippen molar-refractivity contribution in [3.63, 3.8) is 0 Å². The smallest absolute Gasteiger partial charge is 0.356 e. The second-order valence-electron chi connectivity index (χ2n) is 3.93. The lowest BCUT2D eigenvalue weighted by atomic mass is 9.94. The van der Waals surface area contributed by atoms with Gasteiger partial charge in [0.25, 0.3) is 0 Å². The minimum atomic E-state index is -1.09. The van der Waals surface area contributed by atoms with Crippen molar-refractivity contribution in [3.8, 4) is 0 Å². The molecule has 0 spiro atoms. The van der Waals surface area contributed by atoms with Gasteiger partial charge in [-0.2, -0.15) is 0 Å². The van der Waals surface area contributed by atoms with Crippen LogP contribution in [0.25, 0.3) is 0 Å². The van der Waals surface area contributed by atoms with E-state index in [4.69, 9.17) is 15.6 Å². The van der Waals surface area contributed by atoms with Crippen LogP contribution in [-0.2, 0) is 4.74 Å². The van der Waals surface area contributed by atoms with Gasteiger partial charge < -0.3 is 15.6 Å². The molecule has 86 valence electrons. The Morgan fingerprint density at radius 2 is 2.44 bits per heavy atom. The molecule has 1 aromatic rings. The predicted octanol–water partition coefficient (Wildman–Crippen LogP) is 1.26. The molecule has 1 aliphatic heterocycles. The number of carboxylic acids is 1. The molecule has 16 heavy (non-hydrogen) atoms. The third kappa shape index (κ3) is 2.14. The maximum absolute atomic E-state index is 10.7. The zero-order chi connectivity index (χ0) is 11.5. The molecule has 1 aromatic heterocycles. The van der Waals surface area contributed by atoms with Gasteiger partial charge in [0.2, 0.25) is 0 Å². The summed E-state index contributed by atoms with van der Waals surface area (Å²) in [4.78, 5) is 14.6. The summed E-state index contributed by atoms with van der Waals surface area (Å²) in [6.07, 6.45) is 3.64. The fraction of sp³-hybridized carbons (Fsp3) is 0.455. The number of rotatable bonds is 2. The SMILES string of the molecule is Nc1cc(C2CCCOC2)cnc1C(=O)O. The number of nitrogens with zero attached hydrogens (tertiary/aromatic N) is 1. The van der Waals surface area contributed by atoms with E-state index in [9.17, 15) is 4.79 Å². The third-order valence-corrected chi connectivity index (χ3v) is 2.77. The summed E-state index contributed by atoms with van der Waals surface area (Å²) in [5.41, 5.74) is 6.74. The monoisotopic (exact) mass is 222 g/mol. The van der Waals surface area contributed by atoms with Crippen LogP contribution >= 0.6 is 0 Å². The van der Waals surface area contributed by atoms with Gasteiger partial charge in [0.05, 0.1) is 12.3 Å². The summed E-state index contributed by atoms with van der Waals surface area (Å²) in [5.74, 6) is -0.810. The van der Waals surface area contributed by atoms with Gasteiger partial charge in [-0.1, -0.05) is 0 Å². The summed E-state index contributed by atoms with van der Waals surface area (Å²) in [5, 5.41) is 8.80. The average molecular weight is 222 g/mol. The molecule has 0 saturated carbocycles. The second kappa shape index (κ2) is 4.49. The van der Waals surface area contributed by atoms with Crippen LogP contribution in [0.1, 0.15) is 34.8 Å². The van der Waals surface area contributed by atoms with E-state index >= 15 is 0 Å². The van der Waals surface area contributed by atoms with Crippen molar-refractivity contribution in [2.24, 2.45) is 0 Å². The molecule has 0 aliphatic carbocycles. The Kier molecular flexibility index (Phi) is 3.05. The molecule has 5 heteroatoms. The fourth-order valence-corrected chi connectivity index (χ4v) is 1.90. The zero-order valence-corrected chi connectivity index (χ0v) is 8.85. The number of carbonyl (C=O) groups is 1. The minimum Gasteiger partial charge on any atom is -0.476 e. The van der Waals surface area contributed by atoms with Gasteiger partial charge in [-0.05, 0) is 24.5 Å². The van der Waals surface area contributed by atoms with E-state index in [2.05, 4.69) is 4.98 Å². The Morgan fingerprint density at radius 3 is 3.00 bits per heavy atom. The van der Waals surface area contributed by atoms with Crippen molar-refractivity contribution in [2.75, 3.05) is 18.9 Å². The van der Waals surface area contributed by atoms with Crippen LogP contribution in [0.2, 0.25) is 0 Å². The van der Waals surface area contributed by atoms with E-state index in [-0.39, 0.29) is 17.3 Å². The minimum absolute atomic E-state index is 0.0829. The predicted molar refractivity (Wildman–Crippen MR) is 58.4 cm³/mol. The number of aromatic nitrogens is 1. The molecular weight excluding hydrogens is 208 g/mol. The molecule has 0 amide bonds. The van der Waals surface area contributed by atoms with Gasteiger partial charge in [0, 0.05) is 18.7 Å². The lowest BCUT2D eigenvalue weighted by Gasteiger charge is -2.22. The molecule has 3 N–H and O–H groups in total. The number of nitrogens with two attached hydrogens (primary N) is 1. The number of pyridine rings is 1. The molecule has 0 radical (unpaired) electrons.